The normalized spacial score (nSPS) is 12.4. The zero-order valence-corrected chi connectivity index (χ0v) is 11.2. The molecule has 2 N–H and O–H groups in total. The van der Waals surface area contributed by atoms with Crippen molar-refractivity contribution in [2.75, 3.05) is 18.5 Å². The second kappa shape index (κ2) is 5.27. The summed E-state index contributed by atoms with van der Waals surface area (Å²) >= 11 is 0. The Bertz CT molecular complexity index is 501. The molecule has 0 aliphatic heterocycles. The fourth-order valence-electron chi connectivity index (χ4n) is 2.06. The van der Waals surface area contributed by atoms with Crippen LogP contribution in [0.2, 0.25) is 0 Å². The van der Waals surface area contributed by atoms with Crippen LogP contribution < -0.4 is 10.6 Å². The number of hydrogen-bond donors (Lipinski definition) is 1. The molecule has 1 aromatic heterocycles. The third-order valence-corrected chi connectivity index (χ3v) is 3.22. The van der Waals surface area contributed by atoms with Crippen LogP contribution >= 0.6 is 0 Å². The predicted octanol–water partition coefficient (Wildman–Crippen LogP) is 3.03. The number of furan rings is 1. The molecule has 3 heteroatoms. The van der Waals surface area contributed by atoms with Crippen LogP contribution in [-0.4, -0.2) is 13.6 Å². The van der Waals surface area contributed by atoms with Crippen molar-refractivity contribution in [2.45, 2.75) is 19.9 Å². The second-order valence-corrected chi connectivity index (χ2v) is 4.65. The molecule has 2 rings (SSSR count). The Balaban J connectivity index is 2.25. The van der Waals surface area contributed by atoms with E-state index in [9.17, 15) is 0 Å². The van der Waals surface area contributed by atoms with Gasteiger partial charge in [0.15, 0.2) is 0 Å². The third-order valence-electron chi connectivity index (χ3n) is 3.22. The maximum Gasteiger partial charge on any atom is 0.127 e. The quantitative estimate of drug-likeness (QED) is 0.899. The van der Waals surface area contributed by atoms with Gasteiger partial charge < -0.3 is 15.1 Å². The molecule has 96 valence electrons. The maximum absolute atomic E-state index is 5.88. The highest BCUT2D eigenvalue weighted by atomic mass is 16.3. The fourth-order valence-corrected chi connectivity index (χ4v) is 2.06. The number of benzene rings is 1. The smallest absolute Gasteiger partial charge is 0.127 e. The van der Waals surface area contributed by atoms with Crippen molar-refractivity contribution in [2.24, 2.45) is 5.73 Å². The van der Waals surface area contributed by atoms with Gasteiger partial charge >= 0.3 is 0 Å². The first kappa shape index (κ1) is 12.7. The largest absolute Gasteiger partial charge is 0.464 e. The SMILES string of the molecule is Cc1ccc(N(C)C(CN)c2ccc(C)o2)cc1. The highest BCUT2D eigenvalue weighted by Crippen LogP contribution is 2.26. The molecule has 1 aromatic carbocycles. The van der Waals surface area contributed by atoms with E-state index < -0.39 is 0 Å². The van der Waals surface area contributed by atoms with Crippen LogP contribution in [-0.2, 0) is 0 Å². The van der Waals surface area contributed by atoms with E-state index in [1.165, 1.54) is 5.56 Å². The van der Waals surface area contributed by atoms with Crippen LogP contribution in [0.15, 0.2) is 40.8 Å². The van der Waals surface area contributed by atoms with Gasteiger partial charge in [-0.1, -0.05) is 17.7 Å². The van der Waals surface area contributed by atoms with E-state index >= 15 is 0 Å². The molecule has 0 amide bonds. The van der Waals surface area contributed by atoms with Gasteiger partial charge in [0.05, 0.1) is 6.04 Å². The minimum atomic E-state index is 0.0707. The Labute approximate surface area is 108 Å². The molecule has 0 bridgehead atoms. The number of rotatable bonds is 4. The van der Waals surface area contributed by atoms with E-state index in [-0.39, 0.29) is 6.04 Å². The van der Waals surface area contributed by atoms with E-state index in [4.69, 9.17) is 10.2 Å². The van der Waals surface area contributed by atoms with Gasteiger partial charge in [-0.25, -0.2) is 0 Å². The van der Waals surface area contributed by atoms with Gasteiger partial charge in [-0.05, 0) is 38.1 Å². The van der Waals surface area contributed by atoms with E-state index in [0.29, 0.717) is 6.54 Å². The van der Waals surface area contributed by atoms with Gasteiger partial charge in [-0.2, -0.15) is 0 Å². The van der Waals surface area contributed by atoms with Crippen molar-refractivity contribution in [3.63, 3.8) is 0 Å². The summed E-state index contributed by atoms with van der Waals surface area (Å²) in [6.07, 6.45) is 0. The summed E-state index contributed by atoms with van der Waals surface area (Å²) in [5.41, 5.74) is 8.28. The molecule has 2 aromatic rings. The average Bonchev–Trinajstić information content (AvgIpc) is 2.77. The van der Waals surface area contributed by atoms with Crippen LogP contribution in [0, 0.1) is 13.8 Å². The Morgan fingerprint density at radius 3 is 2.28 bits per heavy atom. The van der Waals surface area contributed by atoms with Crippen molar-refractivity contribution in [1.82, 2.24) is 0 Å². The molecule has 0 saturated carbocycles. The summed E-state index contributed by atoms with van der Waals surface area (Å²) in [5.74, 6) is 1.83. The van der Waals surface area contributed by atoms with Crippen LogP contribution in [0.5, 0.6) is 0 Å². The third kappa shape index (κ3) is 2.57. The van der Waals surface area contributed by atoms with Gasteiger partial charge in [0.1, 0.15) is 11.5 Å². The molecule has 1 heterocycles. The van der Waals surface area contributed by atoms with Crippen LogP contribution in [0.3, 0.4) is 0 Å². The fraction of sp³-hybridized carbons (Fsp3) is 0.333. The topological polar surface area (TPSA) is 42.4 Å². The molecular weight excluding hydrogens is 224 g/mol. The molecule has 0 saturated heterocycles. The zero-order chi connectivity index (χ0) is 13.1. The first-order valence-electron chi connectivity index (χ1n) is 6.17. The Morgan fingerprint density at radius 1 is 1.11 bits per heavy atom. The number of aryl methyl sites for hydroxylation is 2. The summed E-state index contributed by atoms with van der Waals surface area (Å²) in [6, 6.07) is 12.5. The van der Waals surface area contributed by atoms with E-state index in [1.54, 1.807) is 0 Å². The van der Waals surface area contributed by atoms with Gasteiger partial charge in [-0.15, -0.1) is 0 Å². The first-order chi connectivity index (χ1) is 8.61. The lowest BCUT2D eigenvalue weighted by Gasteiger charge is -2.27. The standard InChI is InChI=1S/C15H20N2O/c1-11-4-7-13(8-5-11)17(3)14(10-16)15-9-6-12(2)18-15/h4-9,14H,10,16H2,1-3H3. The summed E-state index contributed by atoms with van der Waals surface area (Å²) in [5, 5.41) is 0. The summed E-state index contributed by atoms with van der Waals surface area (Å²) in [7, 11) is 2.04. The average molecular weight is 244 g/mol. The maximum atomic E-state index is 5.88. The molecular formula is C15H20N2O. The number of nitrogens with zero attached hydrogens (tertiary/aromatic N) is 1. The van der Waals surface area contributed by atoms with Gasteiger partial charge in [0.25, 0.3) is 0 Å². The molecule has 0 radical (unpaired) electrons. The van der Waals surface area contributed by atoms with Gasteiger partial charge in [0, 0.05) is 19.3 Å². The Kier molecular flexibility index (Phi) is 3.72. The Hall–Kier alpha value is -1.74. The lowest BCUT2D eigenvalue weighted by Crippen LogP contribution is -2.30. The van der Waals surface area contributed by atoms with Crippen LogP contribution in [0.25, 0.3) is 0 Å². The molecule has 0 aliphatic rings. The highest BCUT2D eigenvalue weighted by Gasteiger charge is 2.19. The van der Waals surface area contributed by atoms with E-state index in [2.05, 4.69) is 36.1 Å². The van der Waals surface area contributed by atoms with Crippen molar-refractivity contribution in [3.05, 3.63) is 53.5 Å². The molecule has 18 heavy (non-hydrogen) atoms. The zero-order valence-electron chi connectivity index (χ0n) is 11.2. The van der Waals surface area contributed by atoms with Crippen molar-refractivity contribution in [3.8, 4) is 0 Å². The predicted molar refractivity (Wildman–Crippen MR) is 74.8 cm³/mol. The molecule has 1 unspecified atom stereocenters. The highest BCUT2D eigenvalue weighted by molar-refractivity contribution is 5.48. The summed E-state index contributed by atoms with van der Waals surface area (Å²) < 4.78 is 5.68. The monoisotopic (exact) mass is 244 g/mol. The lowest BCUT2D eigenvalue weighted by molar-refractivity contribution is 0.441. The molecule has 0 fully saturated rings. The van der Waals surface area contributed by atoms with Gasteiger partial charge in [-0.3, -0.25) is 0 Å². The minimum absolute atomic E-state index is 0.0707. The van der Waals surface area contributed by atoms with E-state index in [0.717, 1.165) is 17.2 Å². The molecule has 0 aliphatic carbocycles. The van der Waals surface area contributed by atoms with Crippen molar-refractivity contribution >= 4 is 5.69 Å². The summed E-state index contributed by atoms with van der Waals surface area (Å²) in [6.45, 7) is 4.56. The number of nitrogens with two attached hydrogens (primary N) is 1. The molecule has 3 nitrogen and oxygen atoms in total. The first-order valence-corrected chi connectivity index (χ1v) is 6.17. The van der Waals surface area contributed by atoms with Crippen molar-refractivity contribution in [1.29, 1.82) is 0 Å². The number of anilines is 1. The van der Waals surface area contributed by atoms with Crippen LogP contribution in [0.4, 0.5) is 5.69 Å². The Morgan fingerprint density at radius 2 is 1.78 bits per heavy atom. The molecule has 0 spiro atoms. The minimum Gasteiger partial charge on any atom is -0.464 e. The number of hydrogen-bond acceptors (Lipinski definition) is 3. The molecule has 1 atom stereocenters. The summed E-state index contributed by atoms with van der Waals surface area (Å²) in [4.78, 5) is 2.15. The van der Waals surface area contributed by atoms with Gasteiger partial charge in [0.2, 0.25) is 0 Å². The van der Waals surface area contributed by atoms with Crippen molar-refractivity contribution < 1.29 is 4.42 Å². The number of likely N-dealkylation sites (N-methyl/N-ethyl adjacent to an activating group) is 1. The van der Waals surface area contributed by atoms with Crippen LogP contribution in [0.1, 0.15) is 23.1 Å². The lowest BCUT2D eigenvalue weighted by atomic mass is 10.1. The van der Waals surface area contributed by atoms with E-state index in [1.807, 2.05) is 26.1 Å². The second-order valence-electron chi connectivity index (χ2n) is 4.65.